The molecule has 0 aliphatic carbocycles. The number of benzene rings is 3. The van der Waals surface area contributed by atoms with Crippen LogP contribution in [0.1, 0.15) is 39.1 Å². The summed E-state index contributed by atoms with van der Waals surface area (Å²) in [6.45, 7) is 1.97. The molecule has 1 saturated heterocycles. The maximum Gasteiger partial charge on any atom is 0.261 e. The number of nitrogens with one attached hydrogen (secondary N) is 2. The Morgan fingerprint density at radius 2 is 1.50 bits per heavy atom. The quantitative estimate of drug-likeness (QED) is 0.488. The zero-order chi connectivity index (χ0) is 23.8. The number of carbonyl (C=O) groups excluding carboxylic acids is 2. The molecule has 34 heavy (non-hydrogen) atoms. The molecule has 0 radical (unpaired) electrons. The van der Waals surface area contributed by atoms with Crippen molar-refractivity contribution in [1.29, 1.82) is 0 Å². The molecule has 6 nitrogen and oxygen atoms in total. The van der Waals surface area contributed by atoms with Crippen molar-refractivity contribution in [1.82, 2.24) is 10.2 Å². The summed E-state index contributed by atoms with van der Waals surface area (Å²) in [6.07, 6.45) is 2.77. The molecule has 2 N–H and O–H groups in total. The Kier molecular flexibility index (Phi) is 7.88. The third-order valence-electron chi connectivity index (χ3n) is 5.65. The molecule has 3 aromatic rings. The summed E-state index contributed by atoms with van der Waals surface area (Å²) >= 11 is 5.38. The van der Waals surface area contributed by atoms with Gasteiger partial charge in [0.15, 0.2) is 5.11 Å². The summed E-state index contributed by atoms with van der Waals surface area (Å²) in [5.74, 6) is 0.0754. The van der Waals surface area contributed by atoms with Crippen molar-refractivity contribution in [3.8, 4) is 5.75 Å². The molecule has 1 aliphatic heterocycles. The zero-order valence-corrected chi connectivity index (χ0v) is 19.6. The molecule has 1 aliphatic rings. The second-order valence-corrected chi connectivity index (χ2v) is 8.44. The van der Waals surface area contributed by atoms with E-state index in [0.29, 0.717) is 29.2 Å². The molecule has 4 rings (SSSR count). The lowest BCUT2D eigenvalue weighted by atomic mass is 10.1. The van der Waals surface area contributed by atoms with Gasteiger partial charge in [0.05, 0.1) is 23.4 Å². The lowest BCUT2D eigenvalue weighted by molar-refractivity contribution is 0.0793. The Bertz CT molecular complexity index is 1160. The zero-order valence-electron chi connectivity index (χ0n) is 18.8. The summed E-state index contributed by atoms with van der Waals surface area (Å²) in [7, 11) is 0. The second-order valence-electron chi connectivity index (χ2n) is 8.03. The van der Waals surface area contributed by atoms with Gasteiger partial charge in [0.1, 0.15) is 5.75 Å². The highest BCUT2D eigenvalue weighted by Gasteiger charge is 2.22. The minimum Gasteiger partial charge on any atom is -0.492 e. The molecule has 1 heterocycles. The fraction of sp³-hybridized carbons (Fsp3) is 0.222. The molecule has 174 valence electrons. The van der Waals surface area contributed by atoms with Crippen LogP contribution < -0.4 is 15.4 Å². The molecular formula is C27H27N3O3S. The van der Waals surface area contributed by atoms with Gasteiger partial charge in [-0.1, -0.05) is 54.6 Å². The van der Waals surface area contributed by atoms with Crippen molar-refractivity contribution in [2.24, 2.45) is 0 Å². The first-order valence-corrected chi connectivity index (χ1v) is 11.8. The van der Waals surface area contributed by atoms with Gasteiger partial charge in [-0.15, -0.1) is 0 Å². The Morgan fingerprint density at radius 3 is 2.26 bits per heavy atom. The third kappa shape index (κ3) is 5.99. The van der Waals surface area contributed by atoms with Crippen LogP contribution in [0.3, 0.4) is 0 Å². The Hall–Kier alpha value is -3.71. The summed E-state index contributed by atoms with van der Waals surface area (Å²) in [4.78, 5) is 27.7. The Balaban J connectivity index is 1.38. The number of amides is 2. The average molecular weight is 474 g/mol. The Labute approximate surface area is 204 Å². The van der Waals surface area contributed by atoms with Crippen molar-refractivity contribution < 1.29 is 14.3 Å². The highest BCUT2D eigenvalue weighted by atomic mass is 32.1. The summed E-state index contributed by atoms with van der Waals surface area (Å²) in [5, 5.41) is 5.83. The number of nitrogens with zero attached hydrogens (tertiary/aromatic N) is 1. The van der Waals surface area contributed by atoms with Gasteiger partial charge in [-0.3, -0.25) is 14.9 Å². The minimum absolute atomic E-state index is 0.0353. The van der Waals surface area contributed by atoms with Crippen LogP contribution in [0.5, 0.6) is 5.75 Å². The van der Waals surface area contributed by atoms with Gasteiger partial charge in [-0.2, -0.15) is 0 Å². The molecule has 0 aromatic heterocycles. The monoisotopic (exact) mass is 473 g/mol. The molecule has 3 aromatic carbocycles. The molecule has 7 heteroatoms. The van der Waals surface area contributed by atoms with Crippen molar-refractivity contribution >= 4 is 34.8 Å². The van der Waals surface area contributed by atoms with Crippen LogP contribution in [0.25, 0.3) is 0 Å². The van der Waals surface area contributed by atoms with Crippen LogP contribution >= 0.6 is 12.2 Å². The van der Waals surface area contributed by atoms with E-state index in [4.69, 9.17) is 17.0 Å². The van der Waals surface area contributed by atoms with E-state index in [2.05, 4.69) is 10.6 Å². The Morgan fingerprint density at radius 1 is 0.853 bits per heavy atom. The maximum atomic E-state index is 12.9. The van der Waals surface area contributed by atoms with Crippen LogP contribution in [-0.4, -0.2) is 41.5 Å². The van der Waals surface area contributed by atoms with E-state index in [-0.39, 0.29) is 16.9 Å². The number of hydrogen-bond donors (Lipinski definition) is 2. The fourth-order valence-corrected chi connectivity index (χ4v) is 4.10. The summed E-state index contributed by atoms with van der Waals surface area (Å²) < 4.78 is 5.89. The van der Waals surface area contributed by atoms with Gasteiger partial charge >= 0.3 is 0 Å². The number of anilines is 1. The largest absolute Gasteiger partial charge is 0.492 e. The van der Waals surface area contributed by atoms with Crippen molar-refractivity contribution in [2.75, 3.05) is 25.0 Å². The summed E-state index contributed by atoms with van der Waals surface area (Å²) in [5.41, 5.74) is 2.65. The van der Waals surface area contributed by atoms with E-state index in [9.17, 15) is 9.59 Å². The van der Waals surface area contributed by atoms with Crippen molar-refractivity contribution in [2.45, 2.75) is 19.3 Å². The standard InChI is InChI=1S/C27H27N3O3S/c31-25(22-13-5-7-15-24(22)33-19-16-20-10-2-1-3-11-20)29-27(34)28-23-14-6-4-12-21(23)26(32)30-17-8-9-18-30/h1-7,10-15H,8-9,16-19H2,(H2,28,29,31,34). The van der Waals surface area contributed by atoms with Gasteiger partial charge in [-0.25, -0.2) is 0 Å². The highest BCUT2D eigenvalue weighted by molar-refractivity contribution is 7.80. The number of carbonyl (C=O) groups is 2. The van der Waals surface area contributed by atoms with E-state index >= 15 is 0 Å². The van der Waals surface area contributed by atoms with E-state index in [1.807, 2.05) is 53.4 Å². The third-order valence-corrected chi connectivity index (χ3v) is 5.85. The van der Waals surface area contributed by atoms with Gasteiger partial charge < -0.3 is 15.0 Å². The SMILES string of the molecule is O=C(NC(=S)Nc1ccccc1C(=O)N1CCCC1)c1ccccc1OCCc1ccccc1. The van der Waals surface area contributed by atoms with Crippen LogP contribution in [-0.2, 0) is 6.42 Å². The molecule has 0 spiro atoms. The smallest absolute Gasteiger partial charge is 0.261 e. The topological polar surface area (TPSA) is 70.7 Å². The number of hydrogen-bond acceptors (Lipinski definition) is 4. The van der Waals surface area contributed by atoms with Crippen molar-refractivity contribution in [3.63, 3.8) is 0 Å². The van der Waals surface area contributed by atoms with E-state index in [1.165, 1.54) is 0 Å². The molecule has 0 bridgehead atoms. The molecule has 0 unspecified atom stereocenters. The van der Waals surface area contributed by atoms with E-state index < -0.39 is 0 Å². The molecule has 0 atom stereocenters. The highest BCUT2D eigenvalue weighted by Crippen LogP contribution is 2.21. The number of likely N-dealkylation sites (tertiary alicyclic amines) is 1. The van der Waals surface area contributed by atoms with Crippen LogP contribution in [0.15, 0.2) is 78.9 Å². The lowest BCUT2D eigenvalue weighted by Gasteiger charge is -2.19. The maximum absolute atomic E-state index is 12.9. The average Bonchev–Trinajstić information content (AvgIpc) is 3.40. The van der Waals surface area contributed by atoms with Crippen LogP contribution in [0, 0.1) is 0 Å². The van der Waals surface area contributed by atoms with Crippen molar-refractivity contribution in [3.05, 3.63) is 95.6 Å². The first kappa shape index (κ1) is 23.4. The molecule has 0 saturated carbocycles. The first-order chi connectivity index (χ1) is 16.6. The normalized spacial score (nSPS) is 12.8. The van der Waals surface area contributed by atoms with Gasteiger partial charge in [0.25, 0.3) is 11.8 Å². The molecular weight excluding hydrogens is 446 g/mol. The van der Waals surface area contributed by atoms with Gasteiger partial charge in [0.2, 0.25) is 0 Å². The fourth-order valence-electron chi connectivity index (χ4n) is 3.90. The minimum atomic E-state index is -0.379. The first-order valence-electron chi connectivity index (χ1n) is 11.4. The predicted octanol–water partition coefficient (Wildman–Crippen LogP) is 4.67. The summed E-state index contributed by atoms with van der Waals surface area (Å²) in [6, 6.07) is 24.3. The number of para-hydroxylation sites is 2. The van der Waals surface area contributed by atoms with E-state index in [0.717, 1.165) is 37.9 Å². The van der Waals surface area contributed by atoms with Crippen LogP contribution in [0.2, 0.25) is 0 Å². The van der Waals surface area contributed by atoms with Gasteiger partial charge in [-0.05, 0) is 54.9 Å². The lowest BCUT2D eigenvalue weighted by Crippen LogP contribution is -2.35. The molecule has 2 amide bonds. The van der Waals surface area contributed by atoms with Crippen LogP contribution in [0.4, 0.5) is 5.69 Å². The second kappa shape index (κ2) is 11.4. The van der Waals surface area contributed by atoms with Gasteiger partial charge in [0, 0.05) is 19.5 Å². The van der Waals surface area contributed by atoms with E-state index in [1.54, 1.807) is 30.3 Å². The number of ether oxygens (including phenoxy) is 1. The molecule has 1 fully saturated rings. The predicted molar refractivity (Wildman–Crippen MR) is 137 cm³/mol. The number of rotatable bonds is 7. The number of thiocarbonyl (C=S) groups is 1.